The van der Waals surface area contributed by atoms with Crippen LogP contribution in [0.4, 0.5) is 0 Å². The molecular weight excluding hydrogens is 198 g/mol. The molecule has 0 atom stereocenters. The molecule has 0 bridgehead atoms. The van der Waals surface area contributed by atoms with Crippen molar-refractivity contribution in [1.82, 2.24) is 25.1 Å². The van der Waals surface area contributed by atoms with Crippen molar-refractivity contribution in [2.24, 2.45) is 7.05 Å². The summed E-state index contributed by atoms with van der Waals surface area (Å²) in [6, 6.07) is 0. The molecule has 0 N–H and O–H groups in total. The van der Waals surface area contributed by atoms with Crippen LogP contribution in [0.1, 0.15) is 12.8 Å². The monoisotopic (exact) mass is 213 g/mol. The molecule has 5 nitrogen and oxygen atoms in total. The molecule has 14 heavy (non-hydrogen) atoms. The summed E-state index contributed by atoms with van der Waals surface area (Å²) >= 11 is 1.80. The molecule has 0 unspecified atom stereocenters. The van der Waals surface area contributed by atoms with Crippen LogP contribution in [0.15, 0.2) is 5.16 Å². The molecule has 2 heterocycles. The van der Waals surface area contributed by atoms with Gasteiger partial charge in [0.15, 0.2) is 0 Å². The minimum atomic E-state index is 0.677. The van der Waals surface area contributed by atoms with Gasteiger partial charge in [-0.3, -0.25) is 0 Å². The zero-order valence-corrected chi connectivity index (χ0v) is 9.37. The van der Waals surface area contributed by atoms with Crippen molar-refractivity contribution in [1.29, 1.82) is 0 Å². The maximum absolute atomic E-state index is 3.98. The number of tetrazole rings is 1. The zero-order valence-electron chi connectivity index (χ0n) is 8.55. The number of hydrogen-bond donors (Lipinski definition) is 0. The van der Waals surface area contributed by atoms with E-state index in [1.807, 2.05) is 7.05 Å². The smallest absolute Gasteiger partial charge is 0.209 e. The highest BCUT2D eigenvalue weighted by Crippen LogP contribution is 2.27. The van der Waals surface area contributed by atoms with E-state index in [-0.39, 0.29) is 0 Å². The molecule has 1 fully saturated rings. The predicted octanol–water partition coefficient (Wildman–Crippen LogP) is 0.396. The molecule has 0 amide bonds. The summed E-state index contributed by atoms with van der Waals surface area (Å²) in [5, 5.41) is 13.0. The van der Waals surface area contributed by atoms with Gasteiger partial charge in [0.25, 0.3) is 0 Å². The van der Waals surface area contributed by atoms with Crippen LogP contribution in [-0.2, 0) is 7.05 Å². The zero-order chi connectivity index (χ0) is 9.97. The van der Waals surface area contributed by atoms with Crippen molar-refractivity contribution in [3.8, 4) is 0 Å². The summed E-state index contributed by atoms with van der Waals surface area (Å²) in [5.41, 5.74) is 0. The van der Waals surface area contributed by atoms with E-state index in [4.69, 9.17) is 0 Å². The lowest BCUT2D eigenvalue weighted by Crippen LogP contribution is -2.31. The molecule has 0 spiro atoms. The van der Waals surface area contributed by atoms with E-state index in [2.05, 4.69) is 27.5 Å². The Kier molecular flexibility index (Phi) is 3.02. The van der Waals surface area contributed by atoms with Crippen molar-refractivity contribution in [3.63, 3.8) is 0 Å². The highest BCUT2D eigenvalue weighted by molar-refractivity contribution is 7.99. The Morgan fingerprint density at radius 2 is 2.00 bits per heavy atom. The number of aryl methyl sites for hydroxylation is 1. The van der Waals surface area contributed by atoms with E-state index >= 15 is 0 Å². The van der Waals surface area contributed by atoms with Crippen LogP contribution in [0.25, 0.3) is 0 Å². The van der Waals surface area contributed by atoms with Crippen LogP contribution in [0.3, 0.4) is 0 Å². The fourth-order valence-electron chi connectivity index (χ4n) is 1.57. The summed E-state index contributed by atoms with van der Waals surface area (Å²) in [5.74, 6) is 0. The molecule has 0 saturated carbocycles. The van der Waals surface area contributed by atoms with Gasteiger partial charge in [-0.1, -0.05) is 11.8 Å². The fraction of sp³-hybridized carbons (Fsp3) is 0.875. The first-order chi connectivity index (χ1) is 6.75. The lowest BCUT2D eigenvalue weighted by Gasteiger charge is -2.27. The molecular formula is C8H15N5S. The van der Waals surface area contributed by atoms with E-state index in [0.29, 0.717) is 5.25 Å². The molecule has 2 rings (SSSR count). The van der Waals surface area contributed by atoms with Gasteiger partial charge in [0, 0.05) is 12.3 Å². The molecule has 0 aromatic carbocycles. The van der Waals surface area contributed by atoms with Gasteiger partial charge < -0.3 is 4.90 Å². The van der Waals surface area contributed by atoms with Crippen LogP contribution in [0, 0.1) is 0 Å². The fourth-order valence-corrected chi connectivity index (χ4v) is 2.59. The topological polar surface area (TPSA) is 46.8 Å². The third-order valence-corrected chi connectivity index (χ3v) is 3.88. The van der Waals surface area contributed by atoms with Crippen molar-refractivity contribution >= 4 is 11.8 Å². The van der Waals surface area contributed by atoms with Gasteiger partial charge in [-0.15, -0.1) is 5.10 Å². The molecule has 1 aliphatic rings. The lowest BCUT2D eigenvalue weighted by molar-refractivity contribution is 0.282. The number of likely N-dealkylation sites (tertiary alicyclic amines) is 1. The van der Waals surface area contributed by atoms with Crippen molar-refractivity contribution in [3.05, 3.63) is 0 Å². The molecule has 78 valence electrons. The van der Waals surface area contributed by atoms with Crippen LogP contribution in [0.2, 0.25) is 0 Å². The highest BCUT2D eigenvalue weighted by Gasteiger charge is 2.19. The second-order valence-corrected chi connectivity index (χ2v) is 4.97. The Morgan fingerprint density at radius 3 is 2.57 bits per heavy atom. The summed E-state index contributed by atoms with van der Waals surface area (Å²) in [7, 11) is 4.06. The number of hydrogen-bond acceptors (Lipinski definition) is 5. The lowest BCUT2D eigenvalue weighted by atomic mass is 10.1. The summed E-state index contributed by atoms with van der Waals surface area (Å²) < 4.78 is 1.74. The molecule has 1 aromatic heterocycles. The van der Waals surface area contributed by atoms with E-state index in [9.17, 15) is 0 Å². The normalized spacial score (nSPS) is 20.1. The van der Waals surface area contributed by atoms with Crippen molar-refractivity contribution < 1.29 is 0 Å². The molecule has 1 aromatic rings. The van der Waals surface area contributed by atoms with Gasteiger partial charge in [0.05, 0.1) is 0 Å². The minimum Gasteiger partial charge on any atom is -0.306 e. The Morgan fingerprint density at radius 1 is 1.29 bits per heavy atom. The molecule has 1 saturated heterocycles. The maximum atomic E-state index is 3.98. The van der Waals surface area contributed by atoms with E-state index in [1.165, 1.54) is 25.9 Å². The maximum Gasteiger partial charge on any atom is 0.209 e. The Balaban J connectivity index is 1.89. The third kappa shape index (κ3) is 2.24. The quantitative estimate of drug-likeness (QED) is 0.711. The van der Waals surface area contributed by atoms with Crippen molar-refractivity contribution in [2.75, 3.05) is 20.1 Å². The minimum absolute atomic E-state index is 0.677. The van der Waals surface area contributed by atoms with E-state index in [1.54, 1.807) is 16.4 Å². The highest BCUT2D eigenvalue weighted by atomic mass is 32.2. The summed E-state index contributed by atoms with van der Waals surface area (Å²) in [4.78, 5) is 2.37. The number of rotatable bonds is 2. The van der Waals surface area contributed by atoms with E-state index in [0.717, 1.165) is 5.16 Å². The number of aromatic nitrogens is 4. The van der Waals surface area contributed by atoms with Crippen LogP contribution >= 0.6 is 11.8 Å². The molecule has 1 aliphatic heterocycles. The second kappa shape index (κ2) is 4.27. The Bertz CT molecular complexity index is 292. The average Bonchev–Trinajstić information content (AvgIpc) is 2.56. The van der Waals surface area contributed by atoms with Crippen LogP contribution in [0.5, 0.6) is 0 Å². The standard InChI is InChI=1S/C8H15N5S/c1-12-5-3-7(4-6-12)14-8-9-10-11-13(8)2/h7H,3-6H2,1-2H3. The van der Waals surface area contributed by atoms with Crippen molar-refractivity contribution in [2.45, 2.75) is 23.2 Å². The predicted molar refractivity (Wildman–Crippen MR) is 55.2 cm³/mol. The number of thioether (sulfide) groups is 1. The molecule has 0 radical (unpaired) electrons. The first-order valence-corrected chi connectivity index (χ1v) is 5.71. The number of piperidine rings is 1. The Hall–Kier alpha value is -0.620. The second-order valence-electron chi connectivity index (χ2n) is 3.71. The SMILES string of the molecule is CN1CCC(Sc2nnnn2C)CC1. The van der Waals surface area contributed by atoms with Crippen LogP contribution in [-0.4, -0.2) is 50.5 Å². The van der Waals surface area contributed by atoms with Gasteiger partial charge in [-0.2, -0.15) is 0 Å². The van der Waals surface area contributed by atoms with Gasteiger partial charge in [0.2, 0.25) is 5.16 Å². The Labute approximate surface area is 87.8 Å². The summed E-state index contributed by atoms with van der Waals surface area (Å²) in [6.07, 6.45) is 2.46. The largest absolute Gasteiger partial charge is 0.306 e. The average molecular weight is 213 g/mol. The van der Waals surface area contributed by atoms with Gasteiger partial charge in [0.1, 0.15) is 0 Å². The number of nitrogens with zero attached hydrogens (tertiary/aromatic N) is 5. The van der Waals surface area contributed by atoms with Crippen LogP contribution < -0.4 is 0 Å². The molecule has 6 heteroatoms. The first kappa shape index (κ1) is 9.92. The van der Waals surface area contributed by atoms with Gasteiger partial charge in [-0.25, -0.2) is 4.68 Å². The van der Waals surface area contributed by atoms with Gasteiger partial charge in [-0.05, 0) is 43.4 Å². The summed E-state index contributed by atoms with van der Waals surface area (Å²) in [6.45, 7) is 2.37. The molecule has 0 aliphatic carbocycles. The van der Waals surface area contributed by atoms with E-state index < -0.39 is 0 Å². The van der Waals surface area contributed by atoms with Gasteiger partial charge >= 0.3 is 0 Å². The first-order valence-electron chi connectivity index (χ1n) is 4.83. The third-order valence-electron chi connectivity index (χ3n) is 2.52.